The zero-order valence-electron chi connectivity index (χ0n) is 14.3. The van der Waals surface area contributed by atoms with Gasteiger partial charge in [0.2, 0.25) is 11.8 Å². The highest BCUT2D eigenvalue weighted by Crippen LogP contribution is 2.24. The number of carbonyl (C=O) groups excluding carboxylic acids is 2. The largest absolute Gasteiger partial charge is 0.349 e. The number of nitrogens with two attached hydrogens (primary N) is 1. The van der Waals surface area contributed by atoms with Crippen molar-refractivity contribution in [3.8, 4) is 0 Å². The fourth-order valence-electron chi connectivity index (χ4n) is 3.30. The van der Waals surface area contributed by atoms with Crippen LogP contribution in [0.15, 0.2) is 24.3 Å². The summed E-state index contributed by atoms with van der Waals surface area (Å²) < 4.78 is 0. The Bertz CT molecular complexity index is 574. The lowest BCUT2D eigenvalue weighted by molar-refractivity contribution is -0.136. The minimum atomic E-state index is -0.358. The topological polar surface area (TPSA) is 75.4 Å². The third-order valence-electron chi connectivity index (χ3n) is 4.51. The minimum Gasteiger partial charge on any atom is -0.349 e. The van der Waals surface area contributed by atoms with Gasteiger partial charge in [0.25, 0.3) is 0 Å². The van der Waals surface area contributed by atoms with E-state index < -0.39 is 0 Å². The third-order valence-corrected chi connectivity index (χ3v) is 4.76. The van der Waals surface area contributed by atoms with Gasteiger partial charge in [-0.15, -0.1) is 0 Å². The van der Waals surface area contributed by atoms with Crippen molar-refractivity contribution in [1.82, 2.24) is 10.2 Å². The molecule has 3 atom stereocenters. The van der Waals surface area contributed by atoms with Crippen LogP contribution in [0.2, 0.25) is 5.02 Å². The van der Waals surface area contributed by atoms with Gasteiger partial charge in [0.1, 0.15) is 0 Å². The molecule has 0 saturated carbocycles. The summed E-state index contributed by atoms with van der Waals surface area (Å²) in [6.45, 7) is 4.14. The molecule has 24 heavy (non-hydrogen) atoms. The van der Waals surface area contributed by atoms with E-state index in [1.54, 1.807) is 12.1 Å². The van der Waals surface area contributed by atoms with Crippen molar-refractivity contribution in [3.05, 3.63) is 34.9 Å². The fourth-order valence-corrected chi connectivity index (χ4v) is 3.42. The molecule has 1 aromatic carbocycles. The van der Waals surface area contributed by atoms with Crippen molar-refractivity contribution in [2.75, 3.05) is 6.54 Å². The molecule has 1 aliphatic rings. The SMILES string of the molecule is CC(=O)NC(CC(=O)N1CCCCC1C(C)N)c1ccc(Cl)cc1. The van der Waals surface area contributed by atoms with Gasteiger partial charge in [-0.05, 0) is 43.9 Å². The van der Waals surface area contributed by atoms with E-state index in [9.17, 15) is 9.59 Å². The molecule has 1 fully saturated rings. The lowest BCUT2D eigenvalue weighted by Crippen LogP contribution is -2.52. The van der Waals surface area contributed by atoms with E-state index in [-0.39, 0.29) is 36.4 Å². The van der Waals surface area contributed by atoms with E-state index in [1.165, 1.54) is 6.92 Å². The van der Waals surface area contributed by atoms with E-state index in [0.29, 0.717) is 5.02 Å². The van der Waals surface area contributed by atoms with Crippen molar-refractivity contribution >= 4 is 23.4 Å². The quantitative estimate of drug-likeness (QED) is 0.856. The van der Waals surface area contributed by atoms with Crippen molar-refractivity contribution in [3.63, 3.8) is 0 Å². The molecule has 0 spiro atoms. The number of benzene rings is 1. The van der Waals surface area contributed by atoms with Crippen LogP contribution in [-0.2, 0) is 9.59 Å². The van der Waals surface area contributed by atoms with Crippen LogP contribution in [-0.4, -0.2) is 35.3 Å². The standard InChI is InChI=1S/C18H26ClN3O2/c1-12(20)17-5-3-4-10-22(17)18(24)11-16(21-13(2)23)14-6-8-15(19)9-7-14/h6-9,12,16-17H,3-5,10-11,20H2,1-2H3,(H,21,23). The molecular formula is C18H26ClN3O2. The maximum Gasteiger partial charge on any atom is 0.225 e. The number of piperidine rings is 1. The van der Waals surface area contributed by atoms with E-state index in [0.717, 1.165) is 31.4 Å². The molecule has 0 bridgehead atoms. The molecule has 5 nitrogen and oxygen atoms in total. The number of halogens is 1. The van der Waals surface area contributed by atoms with Gasteiger partial charge in [-0.25, -0.2) is 0 Å². The Morgan fingerprint density at radius 1 is 1.33 bits per heavy atom. The first kappa shape index (κ1) is 18.7. The van der Waals surface area contributed by atoms with Gasteiger partial charge in [-0.2, -0.15) is 0 Å². The summed E-state index contributed by atoms with van der Waals surface area (Å²) in [4.78, 5) is 26.3. The van der Waals surface area contributed by atoms with Gasteiger partial charge >= 0.3 is 0 Å². The lowest BCUT2D eigenvalue weighted by Gasteiger charge is -2.38. The number of hydrogen-bond donors (Lipinski definition) is 2. The van der Waals surface area contributed by atoms with Crippen LogP contribution in [0, 0.1) is 0 Å². The van der Waals surface area contributed by atoms with Crippen LogP contribution in [0.1, 0.15) is 51.1 Å². The zero-order valence-corrected chi connectivity index (χ0v) is 15.1. The summed E-state index contributed by atoms with van der Waals surface area (Å²) in [5, 5.41) is 3.49. The van der Waals surface area contributed by atoms with Crippen LogP contribution in [0.3, 0.4) is 0 Å². The van der Waals surface area contributed by atoms with Crippen LogP contribution < -0.4 is 11.1 Å². The molecule has 2 rings (SSSR count). The highest BCUT2D eigenvalue weighted by atomic mass is 35.5. The molecule has 3 N–H and O–H groups in total. The monoisotopic (exact) mass is 351 g/mol. The van der Waals surface area contributed by atoms with Gasteiger partial charge in [0, 0.05) is 30.6 Å². The minimum absolute atomic E-state index is 0.0331. The van der Waals surface area contributed by atoms with Crippen LogP contribution >= 0.6 is 11.6 Å². The Labute approximate surface area is 148 Å². The summed E-state index contributed by atoms with van der Waals surface area (Å²) in [6, 6.07) is 6.88. The Balaban J connectivity index is 2.14. The Hall–Kier alpha value is -1.59. The molecule has 0 aromatic heterocycles. The Morgan fingerprint density at radius 2 is 2.00 bits per heavy atom. The number of carbonyl (C=O) groups is 2. The lowest BCUT2D eigenvalue weighted by atomic mass is 9.95. The zero-order chi connectivity index (χ0) is 17.7. The first-order valence-electron chi connectivity index (χ1n) is 8.46. The van der Waals surface area contributed by atoms with Crippen molar-refractivity contribution in [1.29, 1.82) is 0 Å². The number of rotatable bonds is 5. The van der Waals surface area contributed by atoms with Gasteiger partial charge in [0.15, 0.2) is 0 Å². The van der Waals surface area contributed by atoms with Crippen molar-refractivity contribution < 1.29 is 9.59 Å². The van der Waals surface area contributed by atoms with Gasteiger partial charge < -0.3 is 16.0 Å². The second-order valence-electron chi connectivity index (χ2n) is 6.52. The molecule has 3 unspecified atom stereocenters. The molecule has 1 heterocycles. The maximum atomic E-state index is 12.8. The highest BCUT2D eigenvalue weighted by molar-refractivity contribution is 6.30. The van der Waals surface area contributed by atoms with E-state index in [1.807, 2.05) is 24.0 Å². The number of nitrogens with one attached hydrogen (secondary N) is 1. The van der Waals surface area contributed by atoms with Crippen LogP contribution in [0.4, 0.5) is 0 Å². The van der Waals surface area contributed by atoms with Gasteiger partial charge in [-0.1, -0.05) is 23.7 Å². The van der Waals surface area contributed by atoms with Crippen LogP contribution in [0.5, 0.6) is 0 Å². The maximum absolute atomic E-state index is 12.8. The summed E-state index contributed by atoms with van der Waals surface area (Å²) in [5.41, 5.74) is 6.93. The highest BCUT2D eigenvalue weighted by Gasteiger charge is 2.30. The molecule has 1 aromatic rings. The Morgan fingerprint density at radius 3 is 2.58 bits per heavy atom. The molecule has 0 aliphatic carbocycles. The summed E-state index contributed by atoms with van der Waals surface area (Å²) in [7, 11) is 0. The first-order chi connectivity index (χ1) is 11.4. The average Bonchev–Trinajstić information content (AvgIpc) is 2.54. The summed E-state index contributed by atoms with van der Waals surface area (Å²) >= 11 is 5.93. The molecular weight excluding hydrogens is 326 g/mol. The van der Waals surface area contributed by atoms with Gasteiger partial charge in [-0.3, -0.25) is 9.59 Å². The molecule has 132 valence electrons. The number of nitrogens with zero attached hydrogens (tertiary/aromatic N) is 1. The number of hydrogen-bond acceptors (Lipinski definition) is 3. The third kappa shape index (κ3) is 4.95. The molecule has 6 heteroatoms. The second-order valence-corrected chi connectivity index (χ2v) is 6.95. The summed E-state index contributed by atoms with van der Waals surface area (Å²) in [6.07, 6.45) is 3.27. The van der Waals surface area contributed by atoms with Gasteiger partial charge in [0.05, 0.1) is 12.5 Å². The second kappa shape index (κ2) is 8.49. The van der Waals surface area contributed by atoms with E-state index >= 15 is 0 Å². The first-order valence-corrected chi connectivity index (χ1v) is 8.84. The van der Waals surface area contributed by atoms with Crippen LogP contribution in [0.25, 0.3) is 0 Å². The number of likely N-dealkylation sites (tertiary alicyclic amines) is 1. The fraction of sp³-hybridized carbons (Fsp3) is 0.556. The van der Waals surface area contributed by atoms with E-state index in [2.05, 4.69) is 5.32 Å². The summed E-state index contributed by atoms with van der Waals surface area (Å²) in [5.74, 6) is -0.129. The molecule has 1 saturated heterocycles. The van der Waals surface area contributed by atoms with E-state index in [4.69, 9.17) is 17.3 Å². The average molecular weight is 352 g/mol. The molecule has 0 radical (unpaired) electrons. The molecule has 2 amide bonds. The van der Waals surface area contributed by atoms with Crippen molar-refractivity contribution in [2.24, 2.45) is 5.73 Å². The van der Waals surface area contributed by atoms with Crippen molar-refractivity contribution in [2.45, 2.75) is 57.7 Å². The number of amides is 2. The Kier molecular flexibility index (Phi) is 6.63. The predicted molar refractivity (Wildman–Crippen MR) is 95.6 cm³/mol. The normalized spacial score (nSPS) is 20.3. The molecule has 1 aliphatic heterocycles. The predicted octanol–water partition coefficient (Wildman–Crippen LogP) is 2.64. The smallest absolute Gasteiger partial charge is 0.225 e.